The number of benzene rings is 1. The van der Waals surface area contributed by atoms with Crippen molar-refractivity contribution in [2.24, 2.45) is 0 Å². The molecule has 1 unspecified atom stereocenters. The molecule has 0 aliphatic carbocycles. The molecule has 1 rings (SSSR count). The maximum atomic E-state index is 9.33. The highest BCUT2D eigenvalue weighted by atomic mass is 15.1. The molecule has 0 heterocycles. The number of nitrogens with one attached hydrogen (secondary N) is 1. The summed E-state index contributed by atoms with van der Waals surface area (Å²) in [6.07, 6.45) is 1.01. The zero-order chi connectivity index (χ0) is 14.3. The van der Waals surface area contributed by atoms with E-state index in [1.807, 2.05) is 13.0 Å². The molecule has 19 heavy (non-hydrogen) atoms. The van der Waals surface area contributed by atoms with Crippen LogP contribution in [0.4, 0.5) is 0 Å². The summed E-state index contributed by atoms with van der Waals surface area (Å²) in [7, 11) is 2.07. The van der Waals surface area contributed by atoms with Gasteiger partial charge in [-0.15, -0.1) is 0 Å². The van der Waals surface area contributed by atoms with Crippen molar-refractivity contribution in [2.75, 3.05) is 20.1 Å². The molecule has 3 nitrogen and oxygen atoms in total. The van der Waals surface area contributed by atoms with Gasteiger partial charge in [0, 0.05) is 19.1 Å². The van der Waals surface area contributed by atoms with Crippen molar-refractivity contribution >= 4 is 0 Å². The lowest BCUT2D eigenvalue weighted by atomic mass is 10.0. The van der Waals surface area contributed by atoms with Gasteiger partial charge in [0.25, 0.3) is 0 Å². The maximum Gasteiger partial charge on any atom is 0.116 e. The lowest BCUT2D eigenvalue weighted by Gasteiger charge is -2.30. The van der Waals surface area contributed by atoms with Gasteiger partial charge in [-0.25, -0.2) is 0 Å². The normalized spacial score (nSPS) is 14.4. The third kappa shape index (κ3) is 5.87. The zero-order valence-corrected chi connectivity index (χ0v) is 12.5. The SMILES string of the molecule is CC(C)NC(C)(C#N)CN(C)CCc1ccccc1. The highest BCUT2D eigenvalue weighted by Crippen LogP contribution is 2.07. The first-order valence-corrected chi connectivity index (χ1v) is 6.86. The smallest absolute Gasteiger partial charge is 0.116 e. The maximum absolute atomic E-state index is 9.33. The minimum atomic E-state index is -0.487. The lowest BCUT2D eigenvalue weighted by molar-refractivity contribution is 0.253. The zero-order valence-electron chi connectivity index (χ0n) is 12.5. The minimum Gasteiger partial charge on any atom is -0.303 e. The second kappa shape index (κ2) is 7.28. The molecular formula is C16H25N3. The van der Waals surface area contributed by atoms with Crippen LogP contribution in [0.1, 0.15) is 26.3 Å². The standard InChI is InChI=1S/C16H25N3/c1-14(2)18-16(3,12-17)13-19(4)11-10-15-8-6-5-7-9-15/h5-9,14,18H,10-11,13H2,1-4H3. The van der Waals surface area contributed by atoms with Gasteiger partial charge in [0.1, 0.15) is 5.54 Å². The number of likely N-dealkylation sites (N-methyl/N-ethyl adjacent to an activating group) is 1. The van der Waals surface area contributed by atoms with Crippen molar-refractivity contribution in [2.45, 2.75) is 38.8 Å². The van der Waals surface area contributed by atoms with E-state index >= 15 is 0 Å². The molecule has 0 amide bonds. The van der Waals surface area contributed by atoms with Crippen LogP contribution >= 0.6 is 0 Å². The molecule has 0 aromatic heterocycles. The Bertz CT molecular complexity index is 408. The summed E-state index contributed by atoms with van der Waals surface area (Å²) in [4.78, 5) is 2.21. The van der Waals surface area contributed by atoms with Crippen LogP contribution in [0.5, 0.6) is 0 Å². The molecule has 1 aromatic carbocycles. The third-order valence-corrected chi connectivity index (χ3v) is 3.07. The van der Waals surface area contributed by atoms with Crippen LogP contribution in [-0.2, 0) is 6.42 Å². The second-order valence-corrected chi connectivity index (χ2v) is 5.72. The average molecular weight is 259 g/mol. The molecule has 0 spiro atoms. The largest absolute Gasteiger partial charge is 0.303 e. The highest BCUT2D eigenvalue weighted by Gasteiger charge is 2.25. The predicted octanol–water partition coefficient (Wildman–Crippen LogP) is 2.44. The number of hydrogen-bond donors (Lipinski definition) is 1. The summed E-state index contributed by atoms with van der Waals surface area (Å²) in [5, 5.41) is 12.7. The summed E-state index contributed by atoms with van der Waals surface area (Å²) in [6.45, 7) is 7.79. The second-order valence-electron chi connectivity index (χ2n) is 5.72. The van der Waals surface area contributed by atoms with Crippen molar-refractivity contribution in [3.8, 4) is 6.07 Å². The molecule has 0 aliphatic heterocycles. The Morgan fingerprint density at radius 2 is 1.95 bits per heavy atom. The molecule has 0 saturated heterocycles. The first kappa shape index (κ1) is 15.7. The number of rotatable bonds is 7. The highest BCUT2D eigenvalue weighted by molar-refractivity contribution is 5.15. The van der Waals surface area contributed by atoms with Gasteiger partial charge in [0.05, 0.1) is 6.07 Å². The monoisotopic (exact) mass is 259 g/mol. The Morgan fingerprint density at radius 3 is 2.47 bits per heavy atom. The summed E-state index contributed by atoms with van der Waals surface area (Å²) < 4.78 is 0. The van der Waals surface area contributed by atoms with E-state index < -0.39 is 5.54 Å². The molecule has 104 valence electrons. The van der Waals surface area contributed by atoms with E-state index in [0.29, 0.717) is 6.04 Å². The van der Waals surface area contributed by atoms with Crippen LogP contribution in [0.25, 0.3) is 0 Å². The summed E-state index contributed by atoms with van der Waals surface area (Å²) >= 11 is 0. The number of nitriles is 1. The number of nitrogens with zero attached hydrogens (tertiary/aromatic N) is 2. The van der Waals surface area contributed by atoms with Crippen LogP contribution in [0.2, 0.25) is 0 Å². The van der Waals surface area contributed by atoms with Crippen molar-refractivity contribution in [1.82, 2.24) is 10.2 Å². The Balaban J connectivity index is 2.46. The fourth-order valence-corrected chi connectivity index (χ4v) is 2.33. The molecule has 0 saturated carbocycles. The van der Waals surface area contributed by atoms with E-state index in [1.165, 1.54) is 5.56 Å². The van der Waals surface area contributed by atoms with E-state index in [0.717, 1.165) is 19.5 Å². The van der Waals surface area contributed by atoms with Crippen molar-refractivity contribution < 1.29 is 0 Å². The van der Waals surface area contributed by atoms with Crippen molar-refractivity contribution in [3.63, 3.8) is 0 Å². The van der Waals surface area contributed by atoms with Crippen LogP contribution in [0.3, 0.4) is 0 Å². The van der Waals surface area contributed by atoms with E-state index in [-0.39, 0.29) is 0 Å². The van der Waals surface area contributed by atoms with Gasteiger partial charge in [-0.05, 0) is 39.8 Å². The van der Waals surface area contributed by atoms with Gasteiger partial charge in [0.2, 0.25) is 0 Å². The predicted molar refractivity (Wildman–Crippen MR) is 79.9 cm³/mol. The number of hydrogen-bond acceptors (Lipinski definition) is 3. The molecule has 3 heteroatoms. The summed E-state index contributed by atoms with van der Waals surface area (Å²) in [6, 6.07) is 13.1. The Hall–Kier alpha value is -1.37. The van der Waals surface area contributed by atoms with Gasteiger partial charge in [-0.3, -0.25) is 5.32 Å². The first-order valence-electron chi connectivity index (χ1n) is 6.86. The average Bonchev–Trinajstić information content (AvgIpc) is 2.36. The Morgan fingerprint density at radius 1 is 1.32 bits per heavy atom. The lowest BCUT2D eigenvalue weighted by Crippen LogP contribution is -2.52. The van der Waals surface area contributed by atoms with Crippen LogP contribution < -0.4 is 5.32 Å². The molecule has 1 aromatic rings. The van der Waals surface area contributed by atoms with Gasteiger partial charge >= 0.3 is 0 Å². The van der Waals surface area contributed by atoms with E-state index in [4.69, 9.17) is 0 Å². The van der Waals surface area contributed by atoms with E-state index in [9.17, 15) is 5.26 Å². The summed E-state index contributed by atoms with van der Waals surface area (Å²) in [5.41, 5.74) is 0.851. The Kier molecular flexibility index (Phi) is 6.01. The van der Waals surface area contributed by atoms with Gasteiger partial charge in [-0.2, -0.15) is 5.26 Å². The molecular weight excluding hydrogens is 234 g/mol. The van der Waals surface area contributed by atoms with Crippen molar-refractivity contribution in [1.29, 1.82) is 5.26 Å². The van der Waals surface area contributed by atoms with E-state index in [1.54, 1.807) is 0 Å². The molecule has 0 fully saturated rings. The first-order chi connectivity index (χ1) is 8.95. The molecule has 0 bridgehead atoms. The quantitative estimate of drug-likeness (QED) is 0.817. The molecule has 0 radical (unpaired) electrons. The minimum absolute atomic E-state index is 0.312. The molecule has 1 N–H and O–H groups in total. The van der Waals surface area contributed by atoms with Crippen LogP contribution in [-0.4, -0.2) is 36.6 Å². The van der Waals surface area contributed by atoms with Crippen LogP contribution in [0.15, 0.2) is 30.3 Å². The third-order valence-electron chi connectivity index (χ3n) is 3.07. The molecule has 0 aliphatic rings. The van der Waals surface area contributed by atoms with Crippen LogP contribution in [0, 0.1) is 11.3 Å². The fourth-order valence-electron chi connectivity index (χ4n) is 2.33. The van der Waals surface area contributed by atoms with Crippen molar-refractivity contribution in [3.05, 3.63) is 35.9 Å². The fraction of sp³-hybridized carbons (Fsp3) is 0.562. The summed E-state index contributed by atoms with van der Waals surface area (Å²) in [5.74, 6) is 0. The van der Waals surface area contributed by atoms with Gasteiger partial charge in [0.15, 0.2) is 0 Å². The van der Waals surface area contributed by atoms with Gasteiger partial charge < -0.3 is 4.90 Å². The Labute approximate surface area is 117 Å². The van der Waals surface area contributed by atoms with E-state index in [2.05, 4.69) is 61.4 Å². The van der Waals surface area contributed by atoms with Gasteiger partial charge in [-0.1, -0.05) is 30.3 Å². The molecule has 1 atom stereocenters. The topological polar surface area (TPSA) is 39.1 Å².